The monoisotopic (exact) mass is 236 g/mol. The molecule has 0 radical (unpaired) electrons. The van der Waals surface area contributed by atoms with Crippen LogP contribution < -0.4 is 0 Å². The van der Waals surface area contributed by atoms with Crippen molar-refractivity contribution in [1.82, 2.24) is 0 Å². The first-order valence-corrected chi connectivity index (χ1v) is 7.26. The SMILES string of the molecule is CC(C)OCCCS(=O)(=O)CC(C)(C)C. The number of hydrogen-bond acceptors (Lipinski definition) is 3. The summed E-state index contributed by atoms with van der Waals surface area (Å²) in [6, 6.07) is 0. The largest absolute Gasteiger partial charge is 0.379 e. The van der Waals surface area contributed by atoms with Gasteiger partial charge in [0.2, 0.25) is 0 Å². The fourth-order valence-corrected chi connectivity index (χ4v) is 3.35. The molecule has 0 atom stereocenters. The Bertz CT molecular complexity index is 260. The summed E-state index contributed by atoms with van der Waals surface area (Å²) in [4.78, 5) is 0. The van der Waals surface area contributed by atoms with E-state index in [0.717, 1.165) is 0 Å². The summed E-state index contributed by atoms with van der Waals surface area (Å²) < 4.78 is 28.6. The summed E-state index contributed by atoms with van der Waals surface area (Å²) in [5.41, 5.74) is -0.155. The molecule has 0 amide bonds. The van der Waals surface area contributed by atoms with Gasteiger partial charge in [-0.1, -0.05) is 20.8 Å². The first-order chi connectivity index (χ1) is 6.62. The predicted molar refractivity (Wildman–Crippen MR) is 63.8 cm³/mol. The van der Waals surface area contributed by atoms with Crippen molar-refractivity contribution in [2.24, 2.45) is 5.41 Å². The first-order valence-electron chi connectivity index (χ1n) is 5.44. The van der Waals surface area contributed by atoms with Crippen LogP contribution in [0.15, 0.2) is 0 Å². The van der Waals surface area contributed by atoms with Crippen LogP contribution in [-0.2, 0) is 14.6 Å². The molecule has 0 fully saturated rings. The highest BCUT2D eigenvalue weighted by Gasteiger charge is 2.21. The van der Waals surface area contributed by atoms with Gasteiger partial charge in [0.15, 0.2) is 9.84 Å². The molecule has 0 heterocycles. The molecule has 0 saturated carbocycles. The lowest BCUT2D eigenvalue weighted by Gasteiger charge is -2.18. The minimum atomic E-state index is -2.92. The third kappa shape index (κ3) is 10.2. The van der Waals surface area contributed by atoms with Crippen LogP contribution >= 0.6 is 0 Å². The molecule has 3 nitrogen and oxygen atoms in total. The normalized spacial score (nSPS) is 13.5. The zero-order chi connectivity index (χ0) is 12.1. The van der Waals surface area contributed by atoms with Crippen LogP contribution in [0.25, 0.3) is 0 Å². The van der Waals surface area contributed by atoms with Crippen molar-refractivity contribution >= 4 is 9.84 Å². The Morgan fingerprint density at radius 2 is 1.73 bits per heavy atom. The van der Waals surface area contributed by atoms with Crippen molar-refractivity contribution in [3.05, 3.63) is 0 Å². The van der Waals surface area contributed by atoms with Gasteiger partial charge < -0.3 is 4.74 Å². The van der Waals surface area contributed by atoms with Gasteiger partial charge in [-0.2, -0.15) is 0 Å². The summed E-state index contributed by atoms with van der Waals surface area (Å²) in [5, 5.41) is 0. The molecular formula is C11H24O3S. The van der Waals surface area contributed by atoms with Crippen molar-refractivity contribution in [1.29, 1.82) is 0 Å². The van der Waals surface area contributed by atoms with Crippen LogP contribution in [0, 0.1) is 5.41 Å². The Morgan fingerprint density at radius 1 is 1.20 bits per heavy atom. The maximum atomic E-state index is 11.6. The van der Waals surface area contributed by atoms with Crippen LogP contribution in [0.1, 0.15) is 41.0 Å². The third-order valence-electron chi connectivity index (χ3n) is 1.70. The lowest BCUT2D eigenvalue weighted by atomic mass is 10.0. The van der Waals surface area contributed by atoms with Crippen LogP contribution in [0.3, 0.4) is 0 Å². The van der Waals surface area contributed by atoms with Crippen molar-refractivity contribution in [2.75, 3.05) is 18.1 Å². The second-order valence-corrected chi connectivity index (χ2v) is 7.61. The molecule has 0 aliphatic rings. The Hall–Kier alpha value is -0.0900. The first kappa shape index (κ1) is 14.9. The van der Waals surface area contributed by atoms with Crippen LogP contribution in [0.2, 0.25) is 0 Å². The molecule has 0 aromatic rings. The highest BCUT2D eigenvalue weighted by atomic mass is 32.2. The molecule has 0 aromatic carbocycles. The van der Waals surface area contributed by atoms with Crippen molar-refractivity contribution < 1.29 is 13.2 Å². The fraction of sp³-hybridized carbons (Fsp3) is 1.00. The summed E-state index contributed by atoms with van der Waals surface area (Å²) in [7, 11) is -2.92. The Labute approximate surface area is 94.1 Å². The standard InChI is InChI=1S/C11H24O3S/c1-10(2)14-7-6-8-15(12,13)9-11(3,4)5/h10H,6-9H2,1-5H3. The maximum Gasteiger partial charge on any atom is 0.150 e. The van der Waals surface area contributed by atoms with Crippen LogP contribution in [-0.4, -0.2) is 32.6 Å². The lowest BCUT2D eigenvalue weighted by Crippen LogP contribution is -2.23. The van der Waals surface area contributed by atoms with E-state index in [0.29, 0.717) is 13.0 Å². The molecule has 0 aliphatic carbocycles. The third-order valence-corrected chi connectivity index (χ3v) is 3.92. The van der Waals surface area contributed by atoms with E-state index >= 15 is 0 Å². The van der Waals surface area contributed by atoms with E-state index in [-0.39, 0.29) is 23.0 Å². The fourth-order valence-electron chi connectivity index (χ4n) is 1.33. The summed E-state index contributed by atoms with van der Waals surface area (Å²) in [6.07, 6.45) is 0.770. The summed E-state index contributed by atoms with van der Waals surface area (Å²) in [6.45, 7) is 10.2. The van der Waals surface area contributed by atoms with Crippen molar-refractivity contribution in [3.63, 3.8) is 0 Å². The summed E-state index contributed by atoms with van der Waals surface area (Å²) in [5.74, 6) is 0.485. The van der Waals surface area contributed by atoms with Gasteiger partial charge in [0, 0.05) is 6.61 Å². The average Bonchev–Trinajstić information content (AvgIpc) is 1.93. The van der Waals surface area contributed by atoms with Gasteiger partial charge in [-0.3, -0.25) is 0 Å². The zero-order valence-electron chi connectivity index (χ0n) is 10.5. The van der Waals surface area contributed by atoms with Crippen LogP contribution in [0.4, 0.5) is 0 Å². The second kappa shape index (κ2) is 5.85. The molecular weight excluding hydrogens is 212 g/mol. The summed E-state index contributed by atoms with van der Waals surface area (Å²) >= 11 is 0. The predicted octanol–water partition coefficient (Wildman–Crippen LogP) is 2.26. The molecule has 0 aliphatic heterocycles. The van der Waals surface area contributed by atoms with Gasteiger partial charge in [0.1, 0.15) is 0 Å². The Morgan fingerprint density at radius 3 is 2.13 bits per heavy atom. The molecule has 0 bridgehead atoms. The van der Waals surface area contributed by atoms with E-state index in [4.69, 9.17) is 4.74 Å². The second-order valence-electron chi connectivity index (χ2n) is 5.43. The zero-order valence-corrected chi connectivity index (χ0v) is 11.4. The quantitative estimate of drug-likeness (QED) is 0.664. The molecule has 4 heteroatoms. The smallest absolute Gasteiger partial charge is 0.150 e. The molecule has 0 spiro atoms. The number of rotatable bonds is 6. The van der Waals surface area contributed by atoms with Gasteiger partial charge >= 0.3 is 0 Å². The van der Waals surface area contributed by atoms with Gasteiger partial charge in [0.05, 0.1) is 17.6 Å². The minimum Gasteiger partial charge on any atom is -0.379 e. The van der Waals surface area contributed by atoms with Gasteiger partial charge in [-0.05, 0) is 25.7 Å². The van der Waals surface area contributed by atoms with Gasteiger partial charge in [0.25, 0.3) is 0 Å². The molecule has 0 saturated heterocycles. The minimum absolute atomic E-state index is 0.155. The topological polar surface area (TPSA) is 43.4 Å². The van der Waals surface area contributed by atoms with E-state index < -0.39 is 9.84 Å². The average molecular weight is 236 g/mol. The molecule has 15 heavy (non-hydrogen) atoms. The number of sulfone groups is 1. The van der Waals surface area contributed by atoms with E-state index in [1.54, 1.807) is 0 Å². The number of ether oxygens (including phenoxy) is 1. The molecule has 92 valence electrons. The molecule has 0 N–H and O–H groups in total. The van der Waals surface area contributed by atoms with E-state index in [2.05, 4.69) is 0 Å². The van der Waals surface area contributed by atoms with Crippen LogP contribution in [0.5, 0.6) is 0 Å². The lowest BCUT2D eigenvalue weighted by molar-refractivity contribution is 0.0797. The maximum absolute atomic E-state index is 11.6. The Balaban J connectivity index is 3.86. The van der Waals surface area contributed by atoms with E-state index in [1.807, 2.05) is 34.6 Å². The van der Waals surface area contributed by atoms with E-state index in [9.17, 15) is 8.42 Å². The highest BCUT2D eigenvalue weighted by molar-refractivity contribution is 7.91. The van der Waals surface area contributed by atoms with Crippen molar-refractivity contribution in [2.45, 2.75) is 47.1 Å². The molecule has 0 rings (SSSR count). The van der Waals surface area contributed by atoms with Gasteiger partial charge in [-0.25, -0.2) is 8.42 Å². The number of hydrogen-bond donors (Lipinski definition) is 0. The Kier molecular flexibility index (Phi) is 5.81. The highest BCUT2D eigenvalue weighted by Crippen LogP contribution is 2.16. The van der Waals surface area contributed by atoms with Gasteiger partial charge in [-0.15, -0.1) is 0 Å². The molecule has 0 aromatic heterocycles. The van der Waals surface area contributed by atoms with Crippen molar-refractivity contribution in [3.8, 4) is 0 Å². The molecule has 0 unspecified atom stereocenters. The van der Waals surface area contributed by atoms with E-state index in [1.165, 1.54) is 0 Å².